The number of likely N-dealkylation sites (N-methyl/N-ethyl adjacent to an activating group) is 1. The van der Waals surface area contributed by atoms with Gasteiger partial charge in [0.15, 0.2) is 0 Å². The van der Waals surface area contributed by atoms with Gasteiger partial charge in [0, 0.05) is 24.5 Å². The van der Waals surface area contributed by atoms with Crippen molar-refractivity contribution in [1.82, 2.24) is 4.90 Å². The molecule has 1 saturated heterocycles. The van der Waals surface area contributed by atoms with Gasteiger partial charge in [-0.15, -0.1) is 0 Å². The number of hydrogen-bond acceptors (Lipinski definition) is 2. The van der Waals surface area contributed by atoms with Crippen LogP contribution in [0.3, 0.4) is 0 Å². The van der Waals surface area contributed by atoms with Crippen molar-refractivity contribution < 1.29 is 4.39 Å². The van der Waals surface area contributed by atoms with E-state index in [9.17, 15) is 4.39 Å². The first-order chi connectivity index (χ1) is 4.56. The summed E-state index contributed by atoms with van der Waals surface area (Å²) in [5.74, 6) is 0.0255. The van der Waals surface area contributed by atoms with Gasteiger partial charge < -0.3 is 10.6 Å². The van der Waals surface area contributed by atoms with Gasteiger partial charge in [0.2, 0.25) is 0 Å². The summed E-state index contributed by atoms with van der Waals surface area (Å²) in [5.41, 5.74) is 5.53. The molecule has 0 aromatic heterocycles. The maximum Gasteiger partial charge on any atom is 0.0952 e. The molecule has 60 valence electrons. The minimum atomic E-state index is -0.316. The Bertz CT molecular complexity index is 125. The van der Waals surface area contributed by atoms with Crippen LogP contribution in [-0.2, 0) is 0 Å². The molecule has 3 heteroatoms. The highest BCUT2D eigenvalue weighted by Crippen LogP contribution is 2.23. The van der Waals surface area contributed by atoms with Crippen molar-refractivity contribution >= 4 is 0 Å². The Morgan fingerprint density at radius 1 is 1.80 bits per heavy atom. The van der Waals surface area contributed by atoms with Gasteiger partial charge in [-0.25, -0.2) is 0 Å². The van der Waals surface area contributed by atoms with Crippen molar-refractivity contribution in [3.05, 3.63) is 0 Å². The third kappa shape index (κ3) is 1.30. The Labute approximate surface area is 61.2 Å². The molecule has 1 rings (SSSR count). The van der Waals surface area contributed by atoms with E-state index in [1.807, 2.05) is 14.0 Å². The maximum absolute atomic E-state index is 12.3. The third-order valence-corrected chi connectivity index (χ3v) is 2.26. The van der Waals surface area contributed by atoms with Crippen LogP contribution in [-0.4, -0.2) is 37.3 Å². The largest absolute Gasteiger partial charge is 0.324 e. The summed E-state index contributed by atoms with van der Waals surface area (Å²) in [6.07, 6.45) is 0. The fourth-order valence-electron chi connectivity index (χ4n) is 1.59. The van der Waals surface area contributed by atoms with Gasteiger partial charge in [-0.2, -0.15) is 0 Å². The molecule has 1 fully saturated rings. The van der Waals surface area contributed by atoms with E-state index < -0.39 is 0 Å². The first kappa shape index (κ1) is 7.95. The highest BCUT2D eigenvalue weighted by Gasteiger charge is 2.37. The Kier molecular flexibility index (Phi) is 1.97. The van der Waals surface area contributed by atoms with Gasteiger partial charge in [-0.3, -0.25) is 4.39 Å². The monoisotopic (exact) mass is 146 g/mol. The molecule has 2 atom stereocenters. The lowest BCUT2D eigenvalue weighted by molar-refractivity contribution is 0.290. The van der Waals surface area contributed by atoms with Crippen LogP contribution in [0.15, 0.2) is 0 Å². The number of nitrogens with zero attached hydrogens (tertiary/aromatic N) is 1. The molecule has 1 aliphatic heterocycles. The molecular formula is C7H15FN2. The molecule has 0 unspecified atom stereocenters. The minimum Gasteiger partial charge on any atom is -0.324 e. The molecule has 1 aliphatic rings. The highest BCUT2D eigenvalue weighted by molar-refractivity contribution is 4.96. The quantitative estimate of drug-likeness (QED) is 0.574. The summed E-state index contributed by atoms with van der Waals surface area (Å²) >= 11 is 0. The van der Waals surface area contributed by atoms with Crippen LogP contribution >= 0.6 is 0 Å². The molecule has 0 aromatic carbocycles. The summed E-state index contributed by atoms with van der Waals surface area (Å²) < 4.78 is 12.3. The first-order valence-electron chi connectivity index (χ1n) is 3.59. The molecule has 0 aliphatic carbocycles. The number of halogens is 1. The van der Waals surface area contributed by atoms with Crippen LogP contribution < -0.4 is 5.73 Å². The Hall–Kier alpha value is -0.150. The summed E-state index contributed by atoms with van der Waals surface area (Å²) in [4.78, 5) is 2.07. The van der Waals surface area contributed by atoms with Gasteiger partial charge >= 0.3 is 0 Å². The van der Waals surface area contributed by atoms with Crippen molar-refractivity contribution in [2.45, 2.75) is 12.5 Å². The lowest BCUT2D eigenvalue weighted by Crippen LogP contribution is -2.45. The van der Waals surface area contributed by atoms with Gasteiger partial charge in [-0.05, 0) is 14.0 Å². The molecule has 0 aromatic rings. The molecule has 0 bridgehead atoms. The topological polar surface area (TPSA) is 29.3 Å². The van der Waals surface area contributed by atoms with E-state index in [0.717, 1.165) is 13.1 Å². The second-order valence-corrected chi connectivity index (χ2v) is 3.55. The average Bonchev–Trinajstić information content (AvgIpc) is 2.04. The lowest BCUT2D eigenvalue weighted by Gasteiger charge is -2.22. The van der Waals surface area contributed by atoms with Crippen LogP contribution in [0.5, 0.6) is 0 Å². The summed E-state index contributed by atoms with van der Waals surface area (Å²) in [5, 5.41) is 0. The predicted molar refractivity (Wildman–Crippen MR) is 39.6 cm³/mol. The van der Waals surface area contributed by atoms with Gasteiger partial charge in [0.25, 0.3) is 0 Å². The average molecular weight is 146 g/mol. The first-order valence-corrected chi connectivity index (χ1v) is 3.59. The number of alkyl halides is 1. The summed E-state index contributed by atoms with van der Waals surface area (Å²) in [7, 11) is 1.97. The predicted octanol–water partition coefficient (Wildman–Crippen LogP) is 0.235. The number of likely N-dealkylation sites (tertiary alicyclic amines) is 1. The number of rotatable bonds is 1. The van der Waals surface area contributed by atoms with Crippen LogP contribution in [0.2, 0.25) is 0 Å². The molecule has 1 heterocycles. The highest BCUT2D eigenvalue weighted by atomic mass is 19.1. The zero-order valence-corrected chi connectivity index (χ0v) is 6.60. The molecule has 0 saturated carbocycles. The molecule has 2 nitrogen and oxygen atoms in total. The van der Waals surface area contributed by atoms with Crippen molar-refractivity contribution in [1.29, 1.82) is 0 Å². The normalized spacial score (nSPS) is 42.6. The van der Waals surface area contributed by atoms with E-state index >= 15 is 0 Å². The Balaban J connectivity index is 2.58. The minimum absolute atomic E-state index is 0.0255. The van der Waals surface area contributed by atoms with E-state index in [-0.39, 0.29) is 18.1 Å². The fourth-order valence-corrected chi connectivity index (χ4v) is 1.59. The van der Waals surface area contributed by atoms with E-state index in [1.54, 1.807) is 0 Å². The fraction of sp³-hybridized carbons (Fsp3) is 1.00. The third-order valence-electron chi connectivity index (χ3n) is 2.26. The van der Waals surface area contributed by atoms with Crippen molar-refractivity contribution in [2.75, 3.05) is 26.8 Å². The Morgan fingerprint density at radius 3 is 2.60 bits per heavy atom. The molecule has 0 spiro atoms. The molecule has 0 amide bonds. The smallest absolute Gasteiger partial charge is 0.0952 e. The van der Waals surface area contributed by atoms with Crippen molar-refractivity contribution in [3.63, 3.8) is 0 Å². The van der Waals surface area contributed by atoms with Gasteiger partial charge in [0.1, 0.15) is 0 Å². The van der Waals surface area contributed by atoms with E-state index in [1.165, 1.54) is 0 Å². The van der Waals surface area contributed by atoms with E-state index in [0.29, 0.717) is 0 Å². The maximum atomic E-state index is 12.3. The van der Waals surface area contributed by atoms with Crippen LogP contribution in [0, 0.1) is 5.92 Å². The second-order valence-electron chi connectivity index (χ2n) is 3.55. The molecule has 2 N–H and O–H groups in total. The van der Waals surface area contributed by atoms with Crippen LogP contribution in [0.4, 0.5) is 4.39 Å². The van der Waals surface area contributed by atoms with E-state index in [2.05, 4.69) is 4.90 Å². The zero-order chi connectivity index (χ0) is 7.78. The van der Waals surface area contributed by atoms with Crippen LogP contribution in [0.25, 0.3) is 0 Å². The number of nitrogens with two attached hydrogens (primary N) is 1. The standard InChI is InChI=1S/C7H15FN2/c1-7(9)5-10(2)4-6(7)3-8/h6H,3-5,9H2,1-2H3/t6-,7-/m1/s1. The molecule has 0 radical (unpaired) electrons. The molecule has 10 heavy (non-hydrogen) atoms. The molecular weight excluding hydrogens is 131 g/mol. The Morgan fingerprint density at radius 2 is 2.40 bits per heavy atom. The van der Waals surface area contributed by atoms with Crippen LogP contribution in [0.1, 0.15) is 6.92 Å². The van der Waals surface area contributed by atoms with Gasteiger partial charge in [-0.1, -0.05) is 0 Å². The van der Waals surface area contributed by atoms with Gasteiger partial charge in [0.05, 0.1) is 6.67 Å². The van der Waals surface area contributed by atoms with Crippen molar-refractivity contribution in [2.24, 2.45) is 11.7 Å². The summed E-state index contributed by atoms with van der Waals surface area (Å²) in [6, 6.07) is 0. The lowest BCUT2D eigenvalue weighted by atomic mass is 9.92. The van der Waals surface area contributed by atoms with Crippen molar-refractivity contribution in [3.8, 4) is 0 Å². The summed E-state index contributed by atoms with van der Waals surface area (Å²) in [6.45, 7) is 3.23. The SMILES string of the molecule is CN1C[C@@H](CF)[C@](C)(N)C1. The second kappa shape index (κ2) is 2.47. The number of hydrogen-bond donors (Lipinski definition) is 1. The zero-order valence-electron chi connectivity index (χ0n) is 6.60. The van der Waals surface area contributed by atoms with E-state index in [4.69, 9.17) is 5.73 Å².